The van der Waals surface area contributed by atoms with Crippen molar-refractivity contribution in [3.8, 4) is 12.4 Å². The molecule has 0 aliphatic carbocycles. The Labute approximate surface area is 204 Å². The van der Waals surface area contributed by atoms with E-state index in [0.717, 1.165) is 24.5 Å². The fourth-order valence-electron chi connectivity index (χ4n) is 2.45. The van der Waals surface area contributed by atoms with Gasteiger partial charge in [0.1, 0.15) is 11.4 Å². The molecule has 16 heteroatoms. The molecule has 0 saturated carbocycles. The maximum absolute atomic E-state index is 12.3. The largest absolute Gasteiger partial charge is 0.433 e. The molecule has 0 aliphatic rings. The van der Waals surface area contributed by atoms with Crippen molar-refractivity contribution in [2.24, 2.45) is 8.73 Å². The van der Waals surface area contributed by atoms with Crippen molar-refractivity contribution in [1.82, 2.24) is 9.97 Å². The lowest BCUT2D eigenvalue weighted by Crippen LogP contribution is -2.11. The summed E-state index contributed by atoms with van der Waals surface area (Å²) in [7, 11) is -5.64. The normalized spacial score (nSPS) is 16.4. The highest BCUT2D eigenvalue weighted by atomic mass is 32.2. The van der Waals surface area contributed by atoms with Gasteiger partial charge in [-0.3, -0.25) is 9.97 Å². The first-order chi connectivity index (χ1) is 16.4. The molecule has 0 radical (unpaired) electrons. The summed E-state index contributed by atoms with van der Waals surface area (Å²) in [6.45, 7) is 3.04. The zero-order valence-electron chi connectivity index (χ0n) is 19.2. The van der Waals surface area contributed by atoms with Crippen molar-refractivity contribution in [2.45, 2.75) is 36.7 Å². The number of halogens is 6. The number of aromatic nitrogens is 2. The first-order valence-electron chi connectivity index (χ1n) is 9.61. The Hall–Kier alpha value is -3.24. The zero-order chi connectivity index (χ0) is 27.9. The van der Waals surface area contributed by atoms with Crippen molar-refractivity contribution < 1.29 is 34.8 Å². The maximum atomic E-state index is 12.3. The van der Waals surface area contributed by atoms with Gasteiger partial charge in [-0.15, -0.1) is 8.73 Å². The summed E-state index contributed by atoms with van der Waals surface area (Å²) in [4.78, 5) is 6.54. The molecule has 8 nitrogen and oxygen atoms in total. The van der Waals surface area contributed by atoms with Gasteiger partial charge in [0.15, 0.2) is 0 Å². The number of rotatable bonds is 4. The van der Waals surface area contributed by atoms with E-state index in [-0.39, 0.29) is 0 Å². The molecule has 0 aromatic carbocycles. The Bertz CT molecular complexity index is 1270. The highest BCUT2D eigenvalue weighted by Crippen LogP contribution is 2.30. The topological polar surface area (TPSA) is 132 Å². The van der Waals surface area contributed by atoms with E-state index in [1.807, 2.05) is 0 Å². The van der Waals surface area contributed by atoms with Crippen LogP contribution >= 0.6 is 0 Å². The third-order valence-corrected chi connectivity index (χ3v) is 8.91. The van der Waals surface area contributed by atoms with Crippen LogP contribution in [0.2, 0.25) is 0 Å². The lowest BCUT2D eigenvalue weighted by Gasteiger charge is -2.13. The maximum Gasteiger partial charge on any atom is 0.433 e. The molecule has 0 aliphatic heterocycles. The summed E-state index contributed by atoms with van der Waals surface area (Å²) in [5.41, 5.74) is -1.35. The number of hydrogen-bond donors (Lipinski definition) is 0. The van der Waals surface area contributed by atoms with E-state index < -0.39 is 53.7 Å². The van der Waals surface area contributed by atoms with Gasteiger partial charge >= 0.3 is 12.4 Å². The average molecular weight is 555 g/mol. The van der Waals surface area contributed by atoms with E-state index in [1.54, 1.807) is 0 Å². The van der Waals surface area contributed by atoms with Gasteiger partial charge in [-0.2, -0.15) is 36.9 Å². The molecule has 2 unspecified atom stereocenters. The van der Waals surface area contributed by atoms with Crippen molar-refractivity contribution in [3.63, 3.8) is 0 Å². The number of hydrogen-bond acceptors (Lipinski definition) is 8. The van der Waals surface area contributed by atoms with E-state index in [9.17, 15) is 34.8 Å². The number of nitriles is 2. The molecular formula is C20H20F6N6O2S2. The molecule has 36 heavy (non-hydrogen) atoms. The van der Waals surface area contributed by atoms with Crippen molar-refractivity contribution >= 4 is 19.5 Å². The van der Waals surface area contributed by atoms with Gasteiger partial charge in [0.2, 0.25) is 12.4 Å². The highest BCUT2D eigenvalue weighted by Gasteiger charge is 2.33. The van der Waals surface area contributed by atoms with Gasteiger partial charge in [0.05, 0.1) is 30.0 Å². The standard InChI is InChI=1S/2C10H10F3N3OS/c2*1-7(18(2,17)16-6-14)8-3-4-9(15-5-8)10(11,12)13/h2*3-5,7H,1-2H3/t2*7-,18?/m10/s1. The molecule has 0 spiro atoms. The zero-order valence-corrected chi connectivity index (χ0v) is 20.8. The Balaban J connectivity index is 0.000000360. The fraction of sp³-hybridized carbons (Fsp3) is 0.400. The summed E-state index contributed by atoms with van der Waals surface area (Å²) in [6.07, 6.45) is -1.57. The molecule has 2 aromatic heterocycles. The van der Waals surface area contributed by atoms with Crippen molar-refractivity contribution in [2.75, 3.05) is 12.5 Å². The number of nitrogens with zero attached hydrogens (tertiary/aromatic N) is 6. The SMILES string of the molecule is C[C@@H](c1ccc(C(F)(F)F)nc1)S(C)(=O)=NC#N.C[C@H](c1ccc(C(F)(F)F)nc1)S(C)(=O)=NC#N. The first kappa shape index (κ1) is 30.8. The summed E-state index contributed by atoms with van der Waals surface area (Å²) in [5, 5.41) is 15.4. The van der Waals surface area contributed by atoms with Crippen LogP contribution in [0.5, 0.6) is 0 Å². The van der Waals surface area contributed by atoms with Gasteiger partial charge in [-0.25, -0.2) is 8.42 Å². The molecule has 4 atom stereocenters. The Morgan fingerprint density at radius 1 is 0.750 bits per heavy atom. The Morgan fingerprint density at radius 3 is 1.25 bits per heavy atom. The van der Waals surface area contributed by atoms with Crippen LogP contribution in [0.4, 0.5) is 26.3 Å². The minimum Gasteiger partial charge on any atom is -0.251 e. The molecule has 2 rings (SSSR count). The molecule has 0 fully saturated rings. The van der Waals surface area contributed by atoms with Crippen LogP contribution in [-0.4, -0.2) is 30.9 Å². The first-order valence-corrected chi connectivity index (χ1v) is 13.6. The molecule has 0 N–H and O–H groups in total. The molecular weight excluding hydrogens is 534 g/mol. The van der Waals surface area contributed by atoms with Gasteiger partial charge in [0, 0.05) is 24.9 Å². The summed E-state index contributed by atoms with van der Waals surface area (Å²) < 4.78 is 104. The second kappa shape index (κ2) is 11.7. The molecule has 196 valence electrons. The second-order valence-corrected chi connectivity index (χ2v) is 12.6. The summed E-state index contributed by atoms with van der Waals surface area (Å²) >= 11 is 0. The van der Waals surface area contributed by atoms with Crippen LogP contribution in [0.3, 0.4) is 0 Å². The minimum absolute atomic E-state index is 0.342. The van der Waals surface area contributed by atoms with E-state index >= 15 is 0 Å². The van der Waals surface area contributed by atoms with Gasteiger partial charge in [0.25, 0.3) is 0 Å². The third-order valence-electron chi connectivity index (χ3n) is 4.85. The predicted molar refractivity (Wildman–Crippen MR) is 120 cm³/mol. The van der Waals surface area contributed by atoms with Crippen LogP contribution in [-0.2, 0) is 31.8 Å². The van der Waals surface area contributed by atoms with E-state index in [4.69, 9.17) is 10.5 Å². The molecule has 2 aromatic rings. The minimum atomic E-state index is -4.51. The van der Waals surface area contributed by atoms with Crippen molar-refractivity contribution in [3.05, 3.63) is 59.2 Å². The molecule has 0 amide bonds. The smallest absolute Gasteiger partial charge is 0.251 e. The Kier molecular flexibility index (Phi) is 9.98. The van der Waals surface area contributed by atoms with Crippen LogP contribution in [0.25, 0.3) is 0 Å². The van der Waals surface area contributed by atoms with Crippen molar-refractivity contribution in [1.29, 1.82) is 10.5 Å². The third kappa shape index (κ3) is 8.46. The highest BCUT2D eigenvalue weighted by molar-refractivity contribution is 7.93. The fourth-order valence-corrected chi connectivity index (χ4v) is 4.38. The molecule has 2 heterocycles. The lowest BCUT2D eigenvalue weighted by molar-refractivity contribution is -0.142. The molecule has 0 bridgehead atoms. The van der Waals surface area contributed by atoms with Crippen LogP contribution in [0.1, 0.15) is 46.9 Å². The Morgan fingerprint density at radius 2 is 1.06 bits per heavy atom. The number of alkyl halides is 6. The lowest BCUT2D eigenvalue weighted by atomic mass is 10.2. The predicted octanol–water partition coefficient (Wildman–Crippen LogP) is 5.48. The summed E-state index contributed by atoms with van der Waals surface area (Å²) in [6, 6.07) is 4.01. The van der Waals surface area contributed by atoms with Gasteiger partial charge < -0.3 is 0 Å². The van der Waals surface area contributed by atoms with Crippen LogP contribution < -0.4 is 0 Å². The van der Waals surface area contributed by atoms with E-state index in [0.29, 0.717) is 11.1 Å². The van der Waals surface area contributed by atoms with E-state index in [2.05, 4.69) is 18.7 Å². The molecule has 0 saturated heterocycles. The van der Waals surface area contributed by atoms with Crippen LogP contribution in [0, 0.1) is 22.9 Å². The number of pyridine rings is 2. The second-order valence-electron chi connectivity index (χ2n) is 7.34. The quantitative estimate of drug-likeness (QED) is 0.363. The van der Waals surface area contributed by atoms with Gasteiger partial charge in [-0.1, -0.05) is 12.1 Å². The van der Waals surface area contributed by atoms with E-state index in [1.165, 1.54) is 50.9 Å². The average Bonchev–Trinajstić information content (AvgIpc) is 2.77. The monoisotopic (exact) mass is 554 g/mol. The van der Waals surface area contributed by atoms with Crippen LogP contribution in [0.15, 0.2) is 45.4 Å². The summed E-state index contributed by atoms with van der Waals surface area (Å²) in [5.74, 6) is 0. The van der Waals surface area contributed by atoms with Gasteiger partial charge in [-0.05, 0) is 37.1 Å².